The molecule has 0 aliphatic carbocycles. The maximum absolute atomic E-state index is 11.9. The van der Waals surface area contributed by atoms with Crippen molar-refractivity contribution in [1.29, 1.82) is 0 Å². The molecule has 0 aliphatic heterocycles. The number of hydrogen-bond donors (Lipinski definition) is 2. The normalized spacial score (nSPS) is 13.9. The third-order valence-electron chi connectivity index (χ3n) is 3.39. The molecule has 112 valence electrons. The van der Waals surface area contributed by atoms with E-state index in [4.69, 9.17) is 0 Å². The smallest absolute Gasteiger partial charge is 0.317 e. The lowest BCUT2D eigenvalue weighted by Crippen LogP contribution is -2.42. The molecule has 1 aromatic carbocycles. The quantitative estimate of drug-likeness (QED) is 0.840. The van der Waals surface area contributed by atoms with E-state index in [-0.39, 0.29) is 6.03 Å². The van der Waals surface area contributed by atoms with Gasteiger partial charge in [0.15, 0.2) is 0 Å². The summed E-state index contributed by atoms with van der Waals surface area (Å²) in [5.41, 5.74) is 1.24. The van der Waals surface area contributed by atoms with Gasteiger partial charge in [0.05, 0.1) is 6.10 Å². The fourth-order valence-corrected chi connectivity index (χ4v) is 2.25. The van der Waals surface area contributed by atoms with Gasteiger partial charge in [-0.05, 0) is 18.4 Å². The number of likely N-dealkylation sites (N-methyl/N-ethyl adjacent to an activating group) is 1. The van der Waals surface area contributed by atoms with E-state index in [0.717, 1.165) is 0 Å². The molecule has 0 heterocycles. The van der Waals surface area contributed by atoms with E-state index in [2.05, 4.69) is 31.3 Å². The van der Waals surface area contributed by atoms with E-state index >= 15 is 0 Å². The zero-order chi connectivity index (χ0) is 15.1. The predicted molar refractivity (Wildman–Crippen MR) is 81.7 cm³/mol. The molecule has 0 saturated heterocycles. The molecule has 0 spiro atoms. The van der Waals surface area contributed by atoms with Crippen LogP contribution < -0.4 is 5.32 Å². The van der Waals surface area contributed by atoms with Gasteiger partial charge in [0.25, 0.3) is 0 Å². The number of aliphatic hydroxyl groups excluding tert-OH is 1. The second kappa shape index (κ2) is 7.90. The van der Waals surface area contributed by atoms with Crippen LogP contribution in [-0.4, -0.2) is 42.3 Å². The zero-order valence-electron chi connectivity index (χ0n) is 12.8. The molecule has 1 rings (SSSR count). The van der Waals surface area contributed by atoms with E-state index in [0.29, 0.717) is 24.9 Å². The lowest BCUT2D eigenvalue weighted by molar-refractivity contribution is 0.143. The van der Waals surface area contributed by atoms with Gasteiger partial charge >= 0.3 is 6.03 Å². The zero-order valence-corrected chi connectivity index (χ0v) is 12.8. The number of benzene rings is 1. The number of urea groups is 1. The van der Waals surface area contributed by atoms with Crippen molar-refractivity contribution in [3.05, 3.63) is 35.9 Å². The Morgan fingerprint density at radius 1 is 1.25 bits per heavy atom. The molecule has 20 heavy (non-hydrogen) atoms. The highest BCUT2D eigenvalue weighted by Crippen LogP contribution is 2.23. The molecule has 0 aromatic heterocycles. The van der Waals surface area contributed by atoms with E-state index in [1.165, 1.54) is 10.5 Å². The van der Waals surface area contributed by atoms with Crippen LogP contribution in [0.4, 0.5) is 4.79 Å². The Balaban J connectivity index is 2.58. The Hall–Kier alpha value is -1.55. The number of carbonyl (C=O) groups is 1. The summed E-state index contributed by atoms with van der Waals surface area (Å²) in [4.78, 5) is 13.4. The van der Waals surface area contributed by atoms with E-state index in [1.54, 1.807) is 14.0 Å². The number of carbonyl (C=O) groups excluding carboxylic acids is 1. The van der Waals surface area contributed by atoms with Crippen molar-refractivity contribution in [1.82, 2.24) is 10.2 Å². The largest absolute Gasteiger partial charge is 0.392 e. The van der Waals surface area contributed by atoms with Crippen molar-refractivity contribution in [2.24, 2.45) is 5.92 Å². The van der Waals surface area contributed by atoms with E-state index in [1.807, 2.05) is 18.2 Å². The van der Waals surface area contributed by atoms with Crippen LogP contribution in [0.2, 0.25) is 0 Å². The van der Waals surface area contributed by atoms with Crippen LogP contribution in [0, 0.1) is 5.92 Å². The van der Waals surface area contributed by atoms with Crippen LogP contribution in [0.15, 0.2) is 30.3 Å². The van der Waals surface area contributed by atoms with Gasteiger partial charge in [-0.25, -0.2) is 4.79 Å². The number of hydrogen-bond acceptors (Lipinski definition) is 2. The molecule has 0 saturated carbocycles. The Morgan fingerprint density at radius 2 is 1.85 bits per heavy atom. The van der Waals surface area contributed by atoms with Crippen LogP contribution in [-0.2, 0) is 0 Å². The Morgan fingerprint density at radius 3 is 2.35 bits per heavy atom. The molecule has 4 heteroatoms. The fraction of sp³-hybridized carbons (Fsp3) is 0.562. The van der Waals surface area contributed by atoms with Gasteiger partial charge in [-0.2, -0.15) is 0 Å². The Labute approximate surface area is 121 Å². The average Bonchev–Trinajstić information content (AvgIpc) is 2.38. The summed E-state index contributed by atoms with van der Waals surface area (Å²) in [5, 5.41) is 12.2. The number of amides is 2. The van der Waals surface area contributed by atoms with Crippen LogP contribution in [0.3, 0.4) is 0 Å². The summed E-state index contributed by atoms with van der Waals surface area (Å²) < 4.78 is 0. The second-order valence-corrected chi connectivity index (χ2v) is 5.68. The van der Waals surface area contributed by atoms with Gasteiger partial charge in [-0.3, -0.25) is 0 Å². The molecule has 2 unspecified atom stereocenters. The Kier molecular flexibility index (Phi) is 6.52. The first-order valence-electron chi connectivity index (χ1n) is 7.13. The molecule has 1 aromatic rings. The number of nitrogens with one attached hydrogen (secondary N) is 1. The maximum atomic E-state index is 11.9. The minimum atomic E-state index is -0.513. The van der Waals surface area contributed by atoms with E-state index in [9.17, 15) is 9.90 Å². The predicted octanol–water partition coefficient (Wildman–Crippen LogP) is 2.45. The summed E-state index contributed by atoms with van der Waals surface area (Å²) in [6.45, 7) is 6.92. The summed E-state index contributed by atoms with van der Waals surface area (Å²) in [6, 6.07) is 10.1. The first kappa shape index (κ1) is 16.5. The molecule has 2 atom stereocenters. The van der Waals surface area contributed by atoms with Gasteiger partial charge in [-0.1, -0.05) is 44.2 Å². The Bertz CT molecular complexity index is 404. The van der Waals surface area contributed by atoms with Crippen molar-refractivity contribution in [2.75, 3.05) is 20.1 Å². The van der Waals surface area contributed by atoms with Crippen LogP contribution in [0.1, 0.15) is 32.3 Å². The summed E-state index contributed by atoms with van der Waals surface area (Å²) >= 11 is 0. The van der Waals surface area contributed by atoms with Crippen molar-refractivity contribution < 1.29 is 9.90 Å². The third-order valence-corrected chi connectivity index (χ3v) is 3.39. The highest BCUT2D eigenvalue weighted by Gasteiger charge is 2.18. The lowest BCUT2D eigenvalue weighted by atomic mass is 9.88. The minimum absolute atomic E-state index is 0.146. The minimum Gasteiger partial charge on any atom is -0.392 e. The topological polar surface area (TPSA) is 52.6 Å². The summed E-state index contributed by atoms with van der Waals surface area (Å²) in [5.74, 6) is 0.736. The van der Waals surface area contributed by atoms with Crippen molar-refractivity contribution >= 4 is 6.03 Å². The van der Waals surface area contributed by atoms with Gasteiger partial charge in [0.1, 0.15) is 0 Å². The second-order valence-electron chi connectivity index (χ2n) is 5.68. The summed E-state index contributed by atoms with van der Waals surface area (Å²) in [6.07, 6.45) is -0.513. The molecule has 4 nitrogen and oxygen atoms in total. The number of rotatable bonds is 6. The lowest BCUT2D eigenvalue weighted by Gasteiger charge is -2.24. The first-order chi connectivity index (χ1) is 9.41. The standard InChI is InChI=1S/C16H26N2O2/c1-12(2)15(14-8-6-5-7-9-14)10-17-16(20)18(4)11-13(3)19/h5-9,12-13,15,19H,10-11H2,1-4H3,(H,17,20). The molecule has 0 aliphatic rings. The molecule has 0 bridgehead atoms. The van der Waals surface area contributed by atoms with Crippen LogP contribution in [0.5, 0.6) is 0 Å². The first-order valence-corrected chi connectivity index (χ1v) is 7.13. The number of nitrogens with zero attached hydrogens (tertiary/aromatic N) is 1. The van der Waals surface area contributed by atoms with Gasteiger partial charge in [0.2, 0.25) is 0 Å². The number of aliphatic hydroxyl groups is 1. The van der Waals surface area contributed by atoms with Crippen molar-refractivity contribution in [3.63, 3.8) is 0 Å². The molecule has 0 fully saturated rings. The van der Waals surface area contributed by atoms with Gasteiger partial charge < -0.3 is 15.3 Å². The van der Waals surface area contributed by atoms with Crippen LogP contribution >= 0.6 is 0 Å². The SMILES string of the molecule is CC(O)CN(C)C(=O)NCC(c1ccccc1)C(C)C. The van der Waals surface area contributed by atoms with Gasteiger partial charge in [-0.15, -0.1) is 0 Å². The fourth-order valence-electron chi connectivity index (χ4n) is 2.25. The highest BCUT2D eigenvalue weighted by molar-refractivity contribution is 5.73. The molecule has 2 N–H and O–H groups in total. The van der Waals surface area contributed by atoms with Gasteiger partial charge in [0, 0.05) is 26.1 Å². The molecular formula is C16H26N2O2. The monoisotopic (exact) mass is 278 g/mol. The molecule has 2 amide bonds. The average molecular weight is 278 g/mol. The third kappa shape index (κ3) is 5.21. The van der Waals surface area contributed by atoms with Crippen molar-refractivity contribution in [3.8, 4) is 0 Å². The molecular weight excluding hydrogens is 252 g/mol. The van der Waals surface area contributed by atoms with E-state index < -0.39 is 6.10 Å². The summed E-state index contributed by atoms with van der Waals surface area (Å²) in [7, 11) is 1.69. The highest BCUT2D eigenvalue weighted by atomic mass is 16.3. The molecule has 0 radical (unpaired) electrons. The van der Waals surface area contributed by atoms with Crippen molar-refractivity contribution in [2.45, 2.75) is 32.8 Å². The van der Waals surface area contributed by atoms with Crippen LogP contribution in [0.25, 0.3) is 0 Å². The maximum Gasteiger partial charge on any atom is 0.317 e.